The minimum Gasteiger partial charge on any atom is -0.508 e. The molecule has 1 rings (SSSR count). The number of alkyl halides is 1. The summed E-state index contributed by atoms with van der Waals surface area (Å²) in [5.74, 6) is -0.735. The number of phenolic OH excluding ortho intramolecular Hbond substituents is 1. The van der Waals surface area contributed by atoms with Crippen LogP contribution in [0.5, 0.6) is 5.75 Å². The molecule has 0 heterocycles. The van der Waals surface area contributed by atoms with Gasteiger partial charge in [-0.25, -0.2) is 4.79 Å². The van der Waals surface area contributed by atoms with Crippen molar-refractivity contribution in [2.75, 3.05) is 12.5 Å². The summed E-state index contributed by atoms with van der Waals surface area (Å²) in [5.41, 5.74) is 0.415. The third-order valence-electron chi connectivity index (χ3n) is 2.07. The van der Waals surface area contributed by atoms with E-state index in [4.69, 9.17) is 16.3 Å². The van der Waals surface area contributed by atoms with E-state index in [-0.39, 0.29) is 41.6 Å². The summed E-state index contributed by atoms with van der Waals surface area (Å²) in [6.45, 7) is 1.92. The van der Waals surface area contributed by atoms with Crippen LogP contribution in [0.3, 0.4) is 0 Å². The smallest absolute Gasteiger partial charge is 0.338 e. The molecule has 1 aromatic rings. The number of rotatable bonds is 5. The van der Waals surface area contributed by atoms with E-state index in [2.05, 4.69) is 0 Å². The number of hydrogen-bond donors (Lipinski definition) is 1. The molecule has 0 saturated carbocycles. The zero-order valence-corrected chi connectivity index (χ0v) is 10.2. The van der Waals surface area contributed by atoms with Gasteiger partial charge in [-0.15, -0.1) is 11.6 Å². The van der Waals surface area contributed by atoms with Gasteiger partial charge >= 0.3 is 5.97 Å². The molecule has 92 valence electrons. The molecule has 0 fully saturated rings. The summed E-state index contributed by atoms with van der Waals surface area (Å²) in [4.78, 5) is 23.0. The summed E-state index contributed by atoms with van der Waals surface area (Å²) in [6, 6.07) is 3.96. The van der Waals surface area contributed by atoms with E-state index in [1.54, 1.807) is 6.92 Å². The number of esters is 1. The summed E-state index contributed by atoms with van der Waals surface area (Å²) < 4.78 is 4.79. The summed E-state index contributed by atoms with van der Waals surface area (Å²) in [7, 11) is 0. The van der Waals surface area contributed by atoms with Gasteiger partial charge < -0.3 is 9.84 Å². The molecule has 0 spiro atoms. The Balaban J connectivity index is 3.01. The highest BCUT2D eigenvalue weighted by Gasteiger charge is 2.13. The SMILES string of the molecule is CCOC(=O)c1cc(O)cc(C(=O)CCCl)c1. The van der Waals surface area contributed by atoms with E-state index in [0.717, 1.165) is 0 Å². The summed E-state index contributed by atoms with van der Waals surface area (Å²) in [5, 5.41) is 9.44. The van der Waals surface area contributed by atoms with Crippen LogP contribution in [0.25, 0.3) is 0 Å². The predicted molar refractivity (Wildman–Crippen MR) is 63.7 cm³/mol. The van der Waals surface area contributed by atoms with Crippen LogP contribution in [-0.2, 0) is 4.74 Å². The molecule has 0 aromatic heterocycles. The second-order valence-electron chi connectivity index (χ2n) is 3.35. The molecule has 0 aliphatic heterocycles. The van der Waals surface area contributed by atoms with Crippen LogP contribution < -0.4 is 0 Å². The maximum atomic E-state index is 11.6. The van der Waals surface area contributed by atoms with E-state index in [9.17, 15) is 14.7 Å². The number of ether oxygens (including phenoxy) is 1. The fraction of sp³-hybridized carbons (Fsp3) is 0.333. The fourth-order valence-electron chi connectivity index (χ4n) is 1.33. The maximum absolute atomic E-state index is 11.6. The fourth-order valence-corrected chi connectivity index (χ4v) is 1.51. The second kappa shape index (κ2) is 6.25. The maximum Gasteiger partial charge on any atom is 0.338 e. The largest absolute Gasteiger partial charge is 0.508 e. The van der Waals surface area contributed by atoms with Crippen molar-refractivity contribution in [3.8, 4) is 5.75 Å². The first-order valence-electron chi connectivity index (χ1n) is 5.18. The molecule has 17 heavy (non-hydrogen) atoms. The Morgan fingerprint density at radius 3 is 2.53 bits per heavy atom. The van der Waals surface area contributed by atoms with Gasteiger partial charge in [0.1, 0.15) is 5.75 Å². The topological polar surface area (TPSA) is 63.6 Å². The van der Waals surface area contributed by atoms with Gasteiger partial charge in [-0.3, -0.25) is 4.79 Å². The number of Topliss-reactive ketones (excluding diaryl/α,β-unsaturated/α-hetero) is 1. The quantitative estimate of drug-likeness (QED) is 0.499. The Morgan fingerprint density at radius 2 is 1.94 bits per heavy atom. The number of phenols is 1. The van der Waals surface area contributed by atoms with Crippen LogP contribution in [0.15, 0.2) is 18.2 Å². The molecule has 0 atom stereocenters. The molecule has 4 nitrogen and oxygen atoms in total. The lowest BCUT2D eigenvalue weighted by Gasteiger charge is -2.05. The first kappa shape index (κ1) is 13.5. The minimum absolute atomic E-state index is 0.145. The van der Waals surface area contributed by atoms with Gasteiger partial charge in [0.25, 0.3) is 0 Å². The zero-order chi connectivity index (χ0) is 12.8. The highest BCUT2D eigenvalue weighted by molar-refractivity contribution is 6.19. The second-order valence-corrected chi connectivity index (χ2v) is 3.73. The van der Waals surface area contributed by atoms with E-state index >= 15 is 0 Å². The molecule has 1 N–H and O–H groups in total. The molecular formula is C12H13ClO4. The van der Waals surface area contributed by atoms with Crippen molar-refractivity contribution in [3.05, 3.63) is 29.3 Å². The Bertz CT molecular complexity index is 392. The average molecular weight is 257 g/mol. The monoisotopic (exact) mass is 256 g/mol. The Kier molecular flexibility index (Phi) is 4.97. The van der Waals surface area contributed by atoms with Crippen molar-refractivity contribution in [3.63, 3.8) is 0 Å². The highest BCUT2D eigenvalue weighted by atomic mass is 35.5. The van der Waals surface area contributed by atoms with Gasteiger partial charge in [-0.05, 0) is 25.1 Å². The average Bonchev–Trinajstić information content (AvgIpc) is 2.29. The summed E-state index contributed by atoms with van der Waals surface area (Å²) in [6.07, 6.45) is 0.160. The van der Waals surface area contributed by atoms with Gasteiger partial charge in [-0.1, -0.05) is 0 Å². The van der Waals surface area contributed by atoms with Gasteiger partial charge in [0.15, 0.2) is 5.78 Å². The van der Waals surface area contributed by atoms with Gasteiger partial charge in [-0.2, -0.15) is 0 Å². The van der Waals surface area contributed by atoms with Crippen LogP contribution >= 0.6 is 11.6 Å². The Morgan fingerprint density at radius 1 is 1.29 bits per heavy atom. The third-order valence-corrected chi connectivity index (χ3v) is 2.26. The molecule has 0 amide bonds. The minimum atomic E-state index is -0.566. The van der Waals surface area contributed by atoms with E-state index < -0.39 is 5.97 Å². The lowest BCUT2D eigenvalue weighted by atomic mass is 10.1. The summed E-state index contributed by atoms with van der Waals surface area (Å²) >= 11 is 5.46. The van der Waals surface area contributed by atoms with Crippen LogP contribution in [0.4, 0.5) is 0 Å². The van der Waals surface area contributed by atoms with Crippen molar-refractivity contribution in [2.45, 2.75) is 13.3 Å². The van der Waals surface area contributed by atoms with E-state index in [1.165, 1.54) is 18.2 Å². The lowest BCUT2D eigenvalue weighted by molar-refractivity contribution is 0.0526. The molecule has 0 radical (unpaired) electrons. The third kappa shape index (κ3) is 3.75. The number of carbonyl (C=O) groups excluding carboxylic acids is 2. The molecule has 0 aliphatic carbocycles. The number of aromatic hydroxyl groups is 1. The van der Waals surface area contributed by atoms with Crippen molar-refractivity contribution in [1.82, 2.24) is 0 Å². The van der Waals surface area contributed by atoms with Crippen LogP contribution in [-0.4, -0.2) is 29.3 Å². The predicted octanol–water partition coefficient (Wildman–Crippen LogP) is 2.38. The molecular weight excluding hydrogens is 244 g/mol. The van der Waals surface area contributed by atoms with Crippen molar-refractivity contribution >= 4 is 23.4 Å². The number of halogens is 1. The van der Waals surface area contributed by atoms with Crippen LogP contribution in [0.1, 0.15) is 34.1 Å². The van der Waals surface area contributed by atoms with Gasteiger partial charge in [0.2, 0.25) is 0 Å². The number of carbonyl (C=O) groups is 2. The molecule has 0 saturated heterocycles. The van der Waals surface area contributed by atoms with E-state index in [0.29, 0.717) is 0 Å². The van der Waals surface area contributed by atoms with Crippen molar-refractivity contribution < 1.29 is 19.4 Å². The standard InChI is InChI=1S/C12H13ClO4/c1-2-17-12(16)9-5-8(6-10(14)7-9)11(15)3-4-13/h5-7,14H,2-4H2,1H3. The molecule has 0 aliphatic rings. The molecule has 0 unspecified atom stereocenters. The Labute approximate surface area is 104 Å². The van der Waals surface area contributed by atoms with Gasteiger partial charge in [0.05, 0.1) is 12.2 Å². The van der Waals surface area contributed by atoms with Gasteiger partial charge in [0, 0.05) is 17.9 Å². The first-order valence-corrected chi connectivity index (χ1v) is 5.72. The normalized spacial score (nSPS) is 10.0. The van der Waals surface area contributed by atoms with Crippen molar-refractivity contribution in [1.29, 1.82) is 0 Å². The molecule has 0 bridgehead atoms. The number of ketones is 1. The lowest BCUT2D eigenvalue weighted by Crippen LogP contribution is -2.07. The number of hydrogen-bond acceptors (Lipinski definition) is 4. The van der Waals surface area contributed by atoms with Crippen LogP contribution in [0.2, 0.25) is 0 Å². The zero-order valence-electron chi connectivity index (χ0n) is 9.40. The molecule has 1 aromatic carbocycles. The number of benzene rings is 1. The van der Waals surface area contributed by atoms with Crippen LogP contribution in [0, 0.1) is 0 Å². The van der Waals surface area contributed by atoms with Crippen molar-refractivity contribution in [2.24, 2.45) is 0 Å². The highest BCUT2D eigenvalue weighted by Crippen LogP contribution is 2.18. The molecule has 5 heteroatoms. The van der Waals surface area contributed by atoms with E-state index in [1.807, 2.05) is 0 Å². The Hall–Kier alpha value is -1.55. The first-order chi connectivity index (χ1) is 8.08.